The summed E-state index contributed by atoms with van der Waals surface area (Å²) in [4.78, 5) is 13.9. The highest BCUT2D eigenvalue weighted by atomic mass is 16.5. The molecule has 0 radical (unpaired) electrons. The number of aliphatic hydroxyl groups excluding tert-OH is 1. The lowest BCUT2D eigenvalue weighted by atomic mass is 10.1. The Hall–Kier alpha value is -1.55. The molecule has 4 heteroatoms. The average molecular weight is 237 g/mol. The van der Waals surface area contributed by atoms with Gasteiger partial charge in [0.1, 0.15) is 5.75 Å². The van der Waals surface area contributed by atoms with Crippen molar-refractivity contribution in [1.29, 1.82) is 0 Å². The van der Waals surface area contributed by atoms with Crippen LogP contribution in [0.3, 0.4) is 0 Å². The standard InChI is InChI=1S/C13H19NO3/c1-3-14(9-6-10-15)13(16)11-7-4-5-8-12(11)17-2/h4-5,7-8,15H,3,6,9-10H2,1-2H3. The van der Waals surface area contributed by atoms with Gasteiger partial charge in [0.15, 0.2) is 0 Å². The summed E-state index contributed by atoms with van der Waals surface area (Å²) in [6.45, 7) is 3.20. The van der Waals surface area contributed by atoms with Crippen LogP contribution in [0.25, 0.3) is 0 Å². The Balaban J connectivity index is 2.85. The zero-order chi connectivity index (χ0) is 12.7. The molecule has 0 spiro atoms. The molecule has 0 aliphatic heterocycles. The van der Waals surface area contributed by atoms with Crippen LogP contribution in [0.4, 0.5) is 0 Å². The van der Waals surface area contributed by atoms with E-state index in [-0.39, 0.29) is 12.5 Å². The molecule has 17 heavy (non-hydrogen) atoms. The highest BCUT2D eigenvalue weighted by Gasteiger charge is 2.17. The Morgan fingerprint density at radius 1 is 1.41 bits per heavy atom. The SMILES string of the molecule is CCN(CCCO)C(=O)c1ccccc1OC. The summed E-state index contributed by atoms with van der Waals surface area (Å²) in [6, 6.07) is 7.17. The number of benzene rings is 1. The third-order valence-electron chi connectivity index (χ3n) is 2.59. The van der Waals surface area contributed by atoms with Crippen LogP contribution in [0.2, 0.25) is 0 Å². The van der Waals surface area contributed by atoms with Gasteiger partial charge in [0.25, 0.3) is 5.91 Å². The fourth-order valence-electron chi connectivity index (χ4n) is 1.66. The number of para-hydroxylation sites is 1. The van der Waals surface area contributed by atoms with Gasteiger partial charge in [-0.25, -0.2) is 0 Å². The highest BCUT2D eigenvalue weighted by molar-refractivity contribution is 5.96. The molecule has 1 amide bonds. The van der Waals surface area contributed by atoms with Crippen molar-refractivity contribution in [2.24, 2.45) is 0 Å². The van der Waals surface area contributed by atoms with Crippen LogP contribution in [-0.2, 0) is 0 Å². The molecule has 0 aromatic heterocycles. The molecule has 0 aliphatic rings. The third-order valence-corrected chi connectivity index (χ3v) is 2.59. The molecule has 1 aromatic rings. The average Bonchev–Trinajstić information content (AvgIpc) is 2.39. The fraction of sp³-hybridized carbons (Fsp3) is 0.462. The van der Waals surface area contributed by atoms with Crippen LogP contribution in [0.1, 0.15) is 23.7 Å². The van der Waals surface area contributed by atoms with Crippen LogP contribution < -0.4 is 4.74 Å². The molecule has 0 saturated carbocycles. The first-order valence-corrected chi connectivity index (χ1v) is 5.77. The maximum absolute atomic E-state index is 12.2. The van der Waals surface area contributed by atoms with Gasteiger partial charge in [-0.05, 0) is 25.5 Å². The fourth-order valence-corrected chi connectivity index (χ4v) is 1.66. The van der Waals surface area contributed by atoms with Gasteiger partial charge in [0, 0.05) is 19.7 Å². The third kappa shape index (κ3) is 3.46. The Morgan fingerprint density at radius 2 is 2.12 bits per heavy atom. The summed E-state index contributed by atoms with van der Waals surface area (Å²) in [5.41, 5.74) is 0.565. The number of ether oxygens (including phenoxy) is 1. The van der Waals surface area contributed by atoms with E-state index in [1.807, 2.05) is 19.1 Å². The number of amides is 1. The quantitative estimate of drug-likeness (QED) is 0.816. The van der Waals surface area contributed by atoms with Crippen LogP contribution in [-0.4, -0.2) is 42.7 Å². The van der Waals surface area contributed by atoms with Gasteiger partial charge in [0.2, 0.25) is 0 Å². The molecule has 1 rings (SSSR count). The maximum Gasteiger partial charge on any atom is 0.257 e. The highest BCUT2D eigenvalue weighted by Crippen LogP contribution is 2.19. The number of methoxy groups -OCH3 is 1. The molecule has 0 atom stereocenters. The van der Waals surface area contributed by atoms with E-state index in [4.69, 9.17) is 9.84 Å². The molecular weight excluding hydrogens is 218 g/mol. The van der Waals surface area contributed by atoms with Gasteiger partial charge in [-0.15, -0.1) is 0 Å². The summed E-state index contributed by atoms with van der Waals surface area (Å²) < 4.78 is 5.17. The van der Waals surface area contributed by atoms with E-state index in [0.29, 0.717) is 30.8 Å². The Morgan fingerprint density at radius 3 is 2.71 bits per heavy atom. The maximum atomic E-state index is 12.2. The molecule has 1 aromatic carbocycles. The summed E-state index contributed by atoms with van der Waals surface area (Å²) in [7, 11) is 1.55. The Labute approximate surface area is 102 Å². The van der Waals surface area contributed by atoms with Gasteiger partial charge in [-0.2, -0.15) is 0 Å². The van der Waals surface area contributed by atoms with E-state index in [0.717, 1.165) is 0 Å². The molecular formula is C13H19NO3. The molecule has 0 bridgehead atoms. The van der Waals surface area contributed by atoms with E-state index in [9.17, 15) is 4.79 Å². The number of carbonyl (C=O) groups excluding carboxylic acids is 1. The van der Waals surface area contributed by atoms with Gasteiger partial charge in [-0.1, -0.05) is 12.1 Å². The van der Waals surface area contributed by atoms with E-state index in [2.05, 4.69) is 0 Å². The van der Waals surface area contributed by atoms with E-state index < -0.39 is 0 Å². The number of aliphatic hydroxyl groups is 1. The predicted octanol–water partition coefficient (Wildman–Crippen LogP) is 1.54. The number of nitrogens with zero attached hydrogens (tertiary/aromatic N) is 1. The van der Waals surface area contributed by atoms with Gasteiger partial charge in [-0.3, -0.25) is 4.79 Å². The summed E-state index contributed by atoms with van der Waals surface area (Å²) in [5.74, 6) is 0.526. The van der Waals surface area contributed by atoms with Crippen LogP contribution in [0.15, 0.2) is 24.3 Å². The first-order valence-electron chi connectivity index (χ1n) is 5.77. The number of carbonyl (C=O) groups is 1. The number of hydrogen-bond donors (Lipinski definition) is 1. The molecule has 0 saturated heterocycles. The van der Waals surface area contributed by atoms with Crippen LogP contribution in [0.5, 0.6) is 5.75 Å². The second-order valence-electron chi connectivity index (χ2n) is 3.66. The molecule has 0 unspecified atom stereocenters. The minimum Gasteiger partial charge on any atom is -0.496 e. The summed E-state index contributed by atoms with van der Waals surface area (Å²) in [5, 5.41) is 8.80. The largest absolute Gasteiger partial charge is 0.496 e. The summed E-state index contributed by atoms with van der Waals surface area (Å²) >= 11 is 0. The van der Waals surface area contributed by atoms with Crippen molar-refractivity contribution in [2.75, 3.05) is 26.8 Å². The normalized spacial score (nSPS) is 10.1. The Bertz CT molecular complexity index is 365. The smallest absolute Gasteiger partial charge is 0.257 e. The Kier molecular flexibility index (Phi) is 5.49. The lowest BCUT2D eigenvalue weighted by molar-refractivity contribution is 0.0751. The lowest BCUT2D eigenvalue weighted by Crippen LogP contribution is -2.32. The molecule has 4 nitrogen and oxygen atoms in total. The van der Waals surface area contributed by atoms with Gasteiger partial charge < -0.3 is 14.7 Å². The first-order chi connectivity index (χ1) is 8.24. The zero-order valence-corrected chi connectivity index (χ0v) is 10.3. The van der Waals surface area contributed by atoms with Crippen molar-refractivity contribution in [3.63, 3.8) is 0 Å². The van der Waals surface area contributed by atoms with Crippen molar-refractivity contribution in [1.82, 2.24) is 4.90 Å². The number of hydrogen-bond acceptors (Lipinski definition) is 3. The lowest BCUT2D eigenvalue weighted by Gasteiger charge is -2.21. The van der Waals surface area contributed by atoms with E-state index in [1.54, 1.807) is 24.1 Å². The van der Waals surface area contributed by atoms with E-state index >= 15 is 0 Å². The molecule has 0 fully saturated rings. The van der Waals surface area contributed by atoms with Crippen molar-refractivity contribution >= 4 is 5.91 Å². The first kappa shape index (κ1) is 13.5. The summed E-state index contributed by atoms with van der Waals surface area (Å²) in [6.07, 6.45) is 0.592. The van der Waals surface area contributed by atoms with Crippen molar-refractivity contribution < 1.29 is 14.6 Å². The van der Waals surface area contributed by atoms with Crippen molar-refractivity contribution in [3.05, 3.63) is 29.8 Å². The van der Waals surface area contributed by atoms with Crippen LogP contribution >= 0.6 is 0 Å². The van der Waals surface area contributed by atoms with Gasteiger partial charge >= 0.3 is 0 Å². The monoisotopic (exact) mass is 237 g/mol. The van der Waals surface area contributed by atoms with E-state index in [1.165, 1.54) is 0 Å². The second-order valence-corrected chi connectivity index (χ2v) is 3.66. The topological polar surface area (TPSA) is 49.8 Å². The van der Waals surface area contributed by atoms with Gasteiger partial charge in [0.05, 0.1) is 12.7 Å². The molecule has 0 heterocycles. The van der Waals surface area contributed by atoms with Crippen molar-refractivity contribution in [3.8, 4) is 5.75 Å². The zero-order valence-electron chi connectivity index (χ0n) is 10.3. The number of rotatable bonds is 6. The van der Waals surface area contributed by atoms with Crippen molar-refractivity contribution in [2.45, 2.75) is 13.3 Å². The molecule has 94 valence electrons. The predicted molar refractivity (Wildman–Crippen MR) is 66.3 cm³/mol. The minimum atomic E-state index is -0.0570. The second kappa shape index (κ2) is 6.91. The minimum absolute atomic E-state index is 0.0570. The molecule has 1 N–H and O–H groups in total. The molecule has 0 aliphatic carbocycles. The van der Waals surface area contributed by atoms with Crippen LogP contribution in [0, 0.1) is 0 Å².